The smallest absolute Gasteiger partial charge is 0.196 e. The molecule has 0 atom stereocenters. The standard InChI is InChI=1S/C21H16N2O2/c22-16-10-11-17(23-12-13-6-2-1-3-7-13)19-18(16)20(24)14-8-4-5-9-15(14)21(19)25/h1-11,23H,12,22H2. The molecule has 0 aliphatic heterocycles. The van der Waals surface area contributed by atoms with E-state index in [9.17, 15) is 9.59 Å². The molecule has 3 aromatic rings. The highest BCUT2D eigenvalue weighted by atomic mass is 16.1. The lowest BCUT2D eigenvalue weighted by Gasteiger charge is -2.22. The van der Waals surface area contributed by atoms with Gasteiger partial charge in [0.25, 0.3) is 0 Å². The van der Waals surface area contributed by atoms with Gasteiger partial charge < -0.3 is 11.1 Å². The minimum absolute atomic E-state index is 0.173. The van der Waals surface area contributed by atoms with E-state index in [2.05, 4.69) is 5.32 Å². The zero-order valence-corrected chi connectivity index (χ0v) is 13.5. The van der Waals surface area contributed by atoms with Crippen molar-refractivity contribution in [3.8, 4) is 0 Å². The maximum absolute atomic E-state index is 13.0. The summed E-state index contributed by atoms with van der Waals surface area (Å²) in [6.45, 7) is 0.556. The Kier molecular flexibility index (Phi) is 3.58. The van der Waals surface area contributed by atoms with Gasteiger partial charge in [0.2, 0.25) is 0 Å². The van der Waals surface area contributed by atoms with E-state index in [-0.39, 0.29) is 11.6 Å². The molecule has 3 aromatic carbocycles. The molecule has 1 aliphatic rings. The summed E-state index contributed by atoms with van der Waals surface area (Å²) in [7, 11) is 0. The first-order valence-electron chi connectivity index (χ1n) is 8.05. The van der Waals surface area contributed by atoms with E-state index in [4.69, 9.17) is 5.73 Å². The van der Waals surface area contributed by atoms with Crippen LogP contribution in [0.2, 0.25) is 0 Å². The van der Waals surface area contributed by atoms with Crippen molar-refractivity contribution in [3.63, 3.8) is 0 Å². The molecule has 0 saturated carbocycles. The second-order valence-electron chi connectivity index (χ2n) is 6.00. The zero-order valence-electron chi connectivity index (χ0n) is 13.5. The predicted molar refractivity (Wildman–Crippen MR) is 97.9 cm³/mol. The molecule has 4 nitrogen and oxygen atoms in total. The van der Waals surface area contributed by atoms with Crippen molar-refractivity contribution in [2.24, 2.45) is 0 Å². The van der Waals surface area contributed by atoms with Crippen LogP contribution in [-0.2, 0) is 6.54 Å². The lowest BCUT2D eigenvalue weighted by molar-refractivity contribution is 0.0980. The molecule has 0 radical (unpaired) electrons. The molecule has 0 heterocycles. The van der Waals surface area contributed by atoms with Gasteiger partial charge in [-0.3, -0.25) is 9.59 Å². The number of anilines is 2. The van der Waals surface area contributed by atoms with Crippen LogP contribution < -0.4 is 11.1 Å². The average Bonchev–Trinajstić information content (AvgIpc) is 2.66. The Bertz CT molecular complexity index is 994. The van der Waals surface area contributed by atoms with Crippen molar-refractivity contribution >= 4 is 22.9 Å². The van der Waals surface area contributed by atoms with E-state index in [0.717, 1.165) is 5.56 Å². The Labute approximate surface area is 145 Å². The molecule has 0 aromatic heterocycles. The fourth-order valence-corrected chi connectivity index (χ4v) is 3.19. The van der Waals surface area contributed by atoms with E-state index >= 15 is 0 Å². The highest BCUT2D eigenvalue weighted by Gasteiger charge is 2.33. The molecule has 0 amide bonds. The number of benzene rings is 3. The third-order valence-electron chi connectivity index (χ3n) is 4.43. The third-order valence-corrected chi connectivity index (χ3v) is 4.43. The lowest BCUT2D eigenvalue weighted by atomic mass is 9.82. The van der Waals surface area contributed by atoms with Gasteiger partial charge >= 0.3 is 0 Å². The second-order valence-corrected chi connectivity index (χ2v) is 6.00. The first-order chi connectivity index (χ1) is 12.2. The number of nitrogens with one attached hydrogen (secondary N) is 1. The van der Waals surface area contributed by atoms with Crippen LogP contribution in [0.1, 0.15) is 37.4 Å². The van der Waals surface area contributed by atoms with E-state index in [1.807, 2.05) is 30.3 Å². The van der Waals surface area contributed by atoms with Crippen LogP contribution in [0.3, 0.4) is 0 Å². The number of nitrogens with two attached hydrogens (primary N) is 1. The van der Waals surface area contributed by atoms with Crippen LogP contribution in [0.15, 0.2) is 66.7 Å². The number of nitrogen functional groups attached to an aromatic ring is 1. The van der Waals surface area contributed by atoms with Crippen molar-refractivity contribution < 1.29 is 9.59 Å². The highest BCUT2D eigenvalue weighted by molar-refractivity contribution is 6.31. The number of carbonyl (C=O) groups excluding carboxylic acids is 2. The van der Waals surface area contributed by atoms with E-state index < -0.39 is 0 Å². The monoisotopic (exact) mass is 328 g/mol. The van der Waals surface area contributed by atoms with Crippen LogP contribution in [0.4, 0.5) is 11.4 Å². The molecule has 0 spiro atoms. The van der Waals surface area contributed by atoms with Crippen LogP contribution >= 0.6 is 0 Å². The SMILES string of the molecule is Nc1ccc(NCc2ccccc2)c2c1C(=O)c1ccccc1C2=O. The first-order valence-corrected chi connectivity index (χ1v) is 8.05. The summed E-state index contributed by atoms with van der Waals surface area (Å²) >= 11 is 0. The van der Waals surface area contributed by atoms with Gasteiger partial charge in [-0.05, 0) is 17.7 Å². The maximum atomic E-state index is 13.0. The molecule has 3 N–H and O–H groups in total. The van der Waals surface area contributed by atoms with Gasteiger partial charge in [0.1, 0.15) is 0 Å². The third kappa shape index (κ3) is 2.48. The van der Waals surface area contributed by atoms with Crippen LogP contribution in [0, 0.1) is 0 Å². The lowest BCUT2D eigenvalue weighted by Crippen LogP contribution is -2.24. The van der Waals surface area contributed by atoms with Crippen molar-refractivity contribution in [2.75, 3.05) is 11.1 Å². The van der Waals surface area contributed by atoms with Gasteiger partial charge in [0.05, 0.1) is 11.1 Å². The molecule has 0 fully saturated rings. The first kappa shape index (κ1) is 15.1. The van der Waals surface area contributed by atoms with Crippen molar-refractivity contribution in [2.45, 2.75) is 6.54 Å². The van der Waals surface area contributed by atoms with Crippen LogP contribution in [0.5, 0.6) is 0 Å². The Balaban J connectivity index is 1.79. The normalized spacial score (nSPS) is 12.5. The topological polar surface area (TPSA) is 72.2 Å². The average molecular weight is 328 g/mol. The molecule has 0 saturated heterocycles. The second kappa shape index (κ2) is 5.91. The molecule has 1 aliphatic carbocycles. The number of carbonyl (C=O) groups is 2. The zero-order chi connectivity index (χ0) is 17.4. The Hall–Kier alpha value is -3.40. The Morgan fingerprint density at radius 3 is 2.00 bits per heavy atom. The summed E-state index contributed by atoms with van der Waals surface area (Å²) in [6.07, 6.45) is 0. The predicted octanol–water partition coefficient (Wildman–Crippen LogP) is 3.66. The summed E-state index contributed by atoms with van der Waals surface area (Å²) < 4.78 is 0. The summed E-state index contributed by atoms with van der Waals surface area (Å²) in [6, 6.07) is 20.2. The molecular weight excluding hydrogens is 312 g/mol. The molecule has 122 valence electrons. The number of hydrogen-bond acceptors (Lipinski definition) is 4. The van der Waals surface area contributed by atoms with Gasteiger partial charge in [0.15, 0.2) is 11.6 Å². The largest absolute Gasteiger partial charge is 0.398 e. The minimum atomic E-state index is -0.203. The number of hydrogen-bond donors (Lipinski definition) is 2. The number of ketones is 2. The molecular formula is C21H16N2O2. The fourth-order valence-electron chi connectivity index (χ4n) is 3.19. The number of rotatable bonds is 3. The molecule has 25 heavy (non-hydrogen) atoms. The van der Waals surface area contributed by atoms with Gasteiger partial charge in [-0.25, -0.2) is 0 Å². The minimum Gasteiger partial charge on any atom is -0.398 e. The summed E-state index contributed by atoms with van der Waals surface area (Å²) in [5.41, 5.74) is 9.55. The fraction of sp³-hybridized carbons (Fsp3) is 0.0476. The maximum Gasteiger partial charge on any atom is 0.196 e. The van der Waals surface area contributed by atoms with Gasteiger partial charge in [-0.15, -0.1) is 0 Å². The van der Waals surface area contributed by atoms with Crippen molar-refractivity contribution in [3.05, 3.63) is 94.5 Å². The summed E-state index contributed by atoms with van der Waals surface area (Å²) in [5, 5.41) is 3.27. The molecule has 0 bridgehead atoms. The number of fused-ring (bicyclic) bond motifs is 2. The molecule has 4 heteroatoms. The van der Waals surface area contributed by atoms with E-state index in [0.29, 0.717) is 40.2 Å². The van der Waals surface area contributed by atoms with Crippen LogP contribution in [-0.4, -0.2) is 11.6 Å². The Morgan fingerprint density at radius 2 is 1.32 bits per heavy atom. The molecule has 4 rings (SSSR count). The summed E-state index contributed by atoms with van der Waals surface area (Å²) in [4.78, 5) is 25.8. The quantitative estimate of drug-likeness (QED) is 0.563. The molecule has 0 unspecified atom stereocenters. The van der Waals surface area contributed by atoms with E-state index in [1.54, 1.807) is 36.4 Å². The Morgan fingerprint density at radius 1 is 0.720 bits per heavy atom. The van der Waals surface area contributed by atoms with Gasteiger partial charge in [-0.2, -0.15) is 0 Å². The van der Waals surface area contributed by atoms with Gasteiger partial charge in [-0.1, -0.05) is 54.6 Å². The van der Waals surface area contributed by atoms with E-state index in [1.165, 1.54) is 0 Å². The van der Waals surface area contributed by atoms with Crippen molar-refractivity contribution in [1.29, 1.82) is 0 Å². The summed E-state index contributed by atoms with van der Waals surface area (Å²) in [5.74, 6) is -0.376. The van der Waals surface area contributed by atoms with Gasteiger partial charge in [0, 0.05) is 29.0 Å². The van der Waals surface area contributed by atoms with Crippen LogP contribution in [0.25, 0.3) is 0 Å². The van der Waals surface area contributed by atoms with Crippen molar-refractivity contribution in [1.82, 2.24) is 0 Å². The highest BCUT2D eigenvalue weighted by Crippen LogP contribution is 2.35.